The first-order valence-electron chi connectivity index (χ1n) is 4.11. The topological polar surface area (TPSA) is 38.4 Å². The lowest BCUT2D eigenvalue weighted by atomic mass is 10.2. The van der Waals surface area contributed by atoms with Crippen molar-refractivity contribution in [3.63, 3.8) is 0 Å². The fourth-order valence-corrected chi connectivity index (χ4v) is 0.813. The van der Waals surface area contributed by atoms with Gasteiger partial charge in [-0.05, 0) is 12.5 Å². The van der Waals surface area contributed by atoms with Crippen LogP contribution in [0.3, 0.4) is 0 Å². The molecular formula is C10H14N2. The number of rotatable bonds is 3. The van der Waals surface area contributed by atoms with Crippen molar-refractivity contribution in [1.29, 1.82) is 0 Å². The van der Waals surface area contributed by atoms with E-state index in [0.29, 0.717) is 6.54 Å². The minimum absolute atomic E-state index is 0.213. The molecule has 0 spiro atoms. The average molecular weight is 162 g/mol. The molecule has 1 aromatic carbocycles. The molecule has 1 atom stereocenters. The smallest absolute Gasteiger partial charge is 0.0593 e. The molecule has 2 heteroatoms. The molecule has 0 aromatic heterocycles. The minimum atomic E-state index is 0.213. The predicted octanol–water partition coefficient (Wildman–Crippen LogP) is 1.45. The summed E-state index contributed by atoms with van der Waals surface area (Å²) in [5.41, 5.74) is 6.55. The summed E-state index contributed by atoms with van der Waals surface area (Å²) in [6, 6.07) is 10.2. The third-order valence-corrected chi connectivity index (χ3v) is 1.62. The SMILES string of the molecule is CC(CN)N=Cc1ccccc1. The molecular weight excluding hydrogens is 148 g/mol. The fraction of sp³-hybridized carbons (Fsp3) is 0.300. The Hall–Kier alpha value is -1.15. The summed E-state index contributed by atoms with van der Waals surface area (Å²) in [4.78, 5) is 4.26. The van der Waals surface area contributed by atoms with Gasteiger partial charge < -0.3 is 5.73 Å². The zero-order valence-electron chi connectivity index (χ0n) is 7.27. The first-order valence-corrected chi connectivity index (χ1v) is 4.11. The van der Waals surface area contributed by atoms with E-state index in [9.17, 15) is 0 Å². The zero-order valence-corrected chi connectivity index (χ0v) is 7.27. The Balaban J connectivity index is 2.58. The average Bonchev–Trinajstić information content (AvgIpc) is 2.16. The van der Waals surface area contributed by atoms with Gasteiger partial charge in [-0.15, -0.1) is 0 Å². The second-order valence-electron chi connectivity index (χ2n) is 2.77. The van der Waals surface area contributed by atoms with E-state index in [4.69, 9.17) is 5.73 Å². The molecule has 0 bridgehead atoms. The summed E-state index contributed by atoms with van der Waals surface area (Å²) in [6.45, 7) is 2.60. The highest BCUT2D eigenvalue weighted by Gasteiger charge is 1.91. The second kappa shape index (κ2) is 4.67. The first-order chi connectivity index (χ1) is 5.83. The third-order valence-electron chi connectivity index (χ3n) is 1.62. The highest BCUT2D eigenvalue weighted by atomic mass is 14.8. The Morgan fingerprint density at radius 3 is 2.67 bits per heavy atom. The van der Waals surface area contributed by atoms with Crippen LogP contribution in [0, 0.1) is 0 Å². The molecule has 2 N–H and O–H groups in total. The molecule has 0 saturated carbocycles. The van der Waals surface area contributed by atoms with Gasteiger partial charge >= 0.3 is 0 Å². The minimum Gasteiger partial charge on any atom is -0.328 e. The van der Waals surface area contributed by atoms with E-state index in [1.54, 1.807) is 0 Å². The van der Waals surface area contributed by atoms with Crippen LogP contribution in [0.2, 0.25) is 0 Å². The number of nitrogens with two attached hydrogens (primary N) is 1. The lowest BCUT2D eigenvalue weighted by Gasteiger charge is -1.99. The van der Waals surface area contributed by atoms with Gasteiger partial charge in [0.15, 0.2) is 0 Å². The van der Waals surface area contributed by atoms with Crippen LogP contribution in [0.25, 0.3) is 0 Å². The Bertz CT molecular complexity index is 241. The molecule has 0 radical (unpaired) electrons. The van der Waals surface area contributed by atoms with Crippen molar-refractivity contribution in [3.8, 4) is 0 Å². The van der Waals surface area contributed by atoms with Crippen molar-refractivity contribution >= 4 is 6.21 Å². The predicted molar refractivity (Wildman–Crippen MR) is 52.6 cm³/mol. The van der Waals surface area contributed by atoms with Gasteiger partial charge in [-0.3, -0.25) is 4.99 Å². The van der Waals surface area contributed by atoms with Crippen molar-refractivity contribution in [3.05, 3.63) is 35.9 Å². The molecule has 1 unspecified atom stereocenters. The number of hydrogen-bond donors (Lipinski definition) is 1. The van der Waals surface area contributed by atoms with Crippen molar-refractivity contribution in [2.24, 2.45) is 10.7 Å². The standard InChI is InChI=1S/C10H14N2/c1-9(7-11)12-8-10-5-3-2-4-6-10/h2-6,8-9H,7,11H2,1H3. The Labute approximate surface area is 73.1 Å². The third kappa shape index (κ3) is 2.84. The molecule has 0 amide bonds. The molecule has 12 heavy (non-hydrogen) atoms. The second-order valence-corrected chi connectivity index (χ2v) is 2.77. The van der Waals surface area contributed by atoms with E-state index in [-0.39, 0.29) is 6.04 Å². The van der Waals surface area contributed by atoms with Crippen LogP contribution in [0.5, 0.6) is 0 Å². The van der Waals surface area contributed by atoms with Crippen LogP contribution in [-0.2, 0) is 0 Å². The maximum Gasteiger partial charge on any atom is 0.0593 e. The highest BCUT2D eigenvalue weighted by Crippen LogP contribution is 1.95. The van der Waals surface area contributed by atoms with E-state index < -0.39 is 0 Å². The maximum absolute atomic E-state index is 5.42. The normalized spacial score (nSPS) is 13.5. The first kappa shape index (κ1) is 8.94. The highest BCUT2D eigenvalue weighted by molar-refractivity contribution is 5.79. The van der Waals surface area contributed by atoms with E-state index >= 15 is 0 Å². The van der Waals surface area contributed by atoms with Crippen molar-refractivity contribution in [2.75, 3.05) is 6.54 Å². The molecule has 0 aliphatic heterocycles. The van der Waals surface area contributed by atoms with Gasteiger partial charge in [0.05, 0.1) is 6.04 Å². The van der Waals surface area contributed by atoms with E-state index in [1.165, 1.54) is 0 Å². The van der Waals surface area contributed by atoms with Crippen molar-refractivity contribution < 1.29 is 0 Å². The van der Waals surface area contributed by atoms with Gasteiger partial charge in [0.1, 0.15) is 0 Å². The lowest BCUT2D eigenvalue weighted by molar-refractivity contribution is 0.758. The van der Waals surface area contributed by atoms with Crippen molar-refractivity contribution in [2.45, 2.75) is 13.0 Å². The van der Waals surface area contributed by atoms with Gasteiger partial charge in [-0.2, -0.15) is 0 Å². The summed E-state index contributed by atoms with van der Waals surface area (Å²) in [5.74, 6) is 0. The van der Waals surface area contributed by atoms with Gasteiger partial charge in [0.25, 0.3) is 0 Å². The lowest BCUT2D eigenvalue weighted by Crippen LogP contribution is -2.13. The van der Waals surface area contributed by atoms with Gasteiger partial charge in [0.2, 0.25) is 0 Å². The van der Waals surface area contributed by atoms with Crippen LogP contribution in [0.15, 0.2) is 35.3 Å². The largest absolute Gasteiger partial charge is 0.328 e. The summed E-state index contributed by atoms with van der Waals surface area (Å²) in [7, 11) is 0. The fourth-order valence-electron chi connectivity index (χ4n) is 0.813. The molecule has 0 saturated heterocycles. The van der Waals surface area contributed by atoms with Gasteiger partial charge in [-0.1, -0.05) is 30.3 Å². The summed E-state index contributed by atoms with van der Waals surface area (Å²) in [6.07, 6.45) is 1.86. The Morgan fingerprint density at radius 1 is 1.42 bits per heavy atom. The number of benzene rings is 1. The zero-order chi connectivity index (χ0) is 8.81. The quantitative estimate of drug-likeness (QED) is 0.671. The summed E-state index contributed by atoms with van der Waals surface area (Å²) < 4.78 is 0. The van der Waals surface area contributed by atoms with E-state index in [1.807, 2.05) is 43.5 Å². The molecule has 0 fully saturated rings. The van der Waals surface area contributed by atoms with Crippen molar-refractivity contribution in [1.82, 2.24) is 0 Å². The Kier molecular flexibility index (Phi) is 3.48. The van der Waals surface area contributed by atoms with Crippen LogP contribution in [0.4, 0.5) is 0 Å². The summed E-state index contributed by atoms with van der Waals surface area (Å²) >= 11 is 0. The van der Waals surface area contributed by atoms with Crippen LogP contribution in [-0.4, -0.2) is 18.8 Å². The van der Waals surface area contributed by atoms with E-state index in [0.717, 1.165) is 5.56 Å². The number of nitrogens with zero attached hydrogens (tertiary/aromatic N) is 1. The molecule has 2 nitrogen and oxygen atoms in total. The monoisotopic (exact) mass is 162 g/mol. The van der Waals surface area contributed by atoms with Gasteiger partial charge in [0, 0.05) is 12.8 Å². The van der Waals surface area contributed by atoms with Gasteiger partial charge in [-0.25, -0.2) is 0 Å². The maximum atomic E-state index is 5.42. The number of hydrogen-bond acceptors (Lipinski definition) is 2. The van der Waals surface area contributed by atoms with E-state index in [2.05, 4.69) is 4.99 Å². The molecule has 0 heterocycles. The number of aliphatic imine (C=N–C) groups is 1. The summed E-state index contributed by atoms with van der Waals surface area (Å²) in [5, 5.41) is 0. The van der Waals surface area contributed by atoms with Crippen LogP contribution < -0.4 is 5.73 Å². The van der Waals surface area contributed by atoms with Crippen LogP contribution in [0.1, 0.15) is 12.5 Å². The molecule has 1 rings (SSSR count). The van der Waals surface area contributed by atoms with Crippen LogP contribution >= 0.6 is 0 Å². The Morgan fingerprint density at radius 2 is 2.08 bits per heavy atom. The molecule has 1 aromatic rings. The molecule has 0 aliphatic carbocycles. The molecule has 64 valence electrons. The molecule has 0 aliphatic rings.